The van der Waals surface area contributed by atoms with E-state index in [-0.39, 0.29) is 17.4 Å². The first-order valence-corrected chi connectivity index (χ1v) is 4.99. The normalized spacial score (nSPS) is 11.8. The summed E-state index contributed by atoms with van der Waals surface area (Å²) in [6.07, 6.45) is 1.78. The Hall–Kier alpha value is -0.570. The van der Waals surface area contributed by atoms with E-state index < -0.39 is 0 Å². The molecule has 3 nitrogen and oxygen atoms in total. The fourth-order valence-electron chi connectivity index (χ4n) is 1.15. The summed E-state index contributed by atoms with van der Waals surface area (Å²) in [7, 11) is 0. The van der Waals surface area contributed by atoms with Gasteiger partial charge in [-0.05, 0) is 26.7 Å². The largest absolute Gasteiger partial charge is 0.350 e. The molecule has 0 atom stereocenters. The number of hydrogen-bond acceptors (Lipinski definition) is 2. The van der Waals surface area contributed by atoms with Crippen molar-refractivity contribution < 1.29 is 4.79 Å². The molecular weight excluding hydrogens is 164 g/mol. The van der Waals surface area contributed by atoms with E-state index >= 15 is 0 Å². The molecular formula is C10H22N2O. The van der Waals surface area contributed by atoms with Crippen molar-refractivity contribution in [3.05, 3.63) is 0 Å². The van der Waals surface area contributed by atoms with Gasteiger partial charge in [0.25, 0.3) is 0 Å². The van der Waals surface area contributed by atoms with Crippen molar-refractivity contribution in [1.82, 2.24) is 5.32 Å². The second-order valence-corrected chi connectivity index (χ2v) is 4.09. The number of carbonyl (C=O) groups excluding carboxylic acids is 1. The minimum atomic E-state index is -0.278. The maximum Gasteiger partial charge on any atom is 0.223 e. The second kappa shape index (κ2) is 5.22. The molecule has 0 rings (SSSR count). The SMILES string of the molecule is CCC(CC)C(=O)NC(C)(C)CN. The quantitative estimate of drug-likeness (QED) is 0.679. The number of rotatable bonds is 5. The average molecular weight is 186 g/mol. The Kier molecular flexibility index (Phi) is 4.99. The standard InChI is InChI=1S/C10H22N2O/c1-5-8(6-2)9(13)12-10(3,4)7-11/h8H,5-7,11H2,1-4H3,(H,12,13). The predicted molar refractivity (Wildman–Crippen MR) is 55.3 cm³/mol. The van der Waals surface area contributed by atoms with Crippen molar-refractivity contribution in [2.45, 2.75) is 46.1 Å². The van der Waals surface area contributed by atoms with Crippen LogP contribution in [-0.4, -0.2) is 18.0 Å². The van der Waals surface area contributed by atoms with Crippen LogP contribution in [0.2, 0.25) is 0 Å². The Bertz CT molecular complexity index is 162. The van der Waals surface area contributed by atoms with Crippen LogP contribution in [0.5, 0.6) is 0 Å². The molecule has 0 aromatic carbocycles. The fraction of sp³-hybridized carbons (Fsp3) is 0.900. The van der Waals surface area contributed by atoms with Crippen molar-refractivity contribution >= 4 is 5.91 Å². The molecule has 0 aliphatic heterocycles. The minimum absolute atomic E-state index is 0.125. The van der Waals surface area contributed by atoms with E-state index in [0.717, 1.165) is 12.8 Å². The Balaban J connectivity index is 4.13. The van der Waals surface area contributed by atoms with Crippen LogP contribution in [0.25, 0.3) is 0 Å². The van der Waals surface area contributed by atoms with Gasteiger partial charge in [-0.1, -0.05) is 13.8 Å². The van der Waals surface area contributed by atoms with Crippen molar-refractivity contribution in [2.75, 3.05) is 6.54 Å². The van der Waals surface area contributed by atoms with Gasteiger partial charge in [0.2, 0.25) is 5.91 Å². The van der Waals surface area contributed by atoms with Gasteiger partial charge in [0.1, 0.15) is 0 Å². The Morgan fingerprint density at radius 2 is 1.85 bits per heavy atom. The molecule has 0 saturated heterocycles. The van der Waals surface area contributed by atoms with E-state index in [9.17, 15) is 4.79 Å². The van der Waals surface area contributed by atoms with Crippen molar-refractivity contribution in [1.29, 1.82) is 0 Å². The van der Waals surface area contributed by atoms with E-state index in [1.807, 2.05) is 27.7 Å². The van der Waals surface area contributed by atoms with Gasteiger partial charge in [0.15, 0.2) is 0 Å². The van der Waals surface area contributed by atoms with Crippen LogP contribution in [0, 0.1) is 5.92 Å². The van der Waals surface area contributed by atoms with Crippen LogP contribution < -0.4 is 11.1 Å². The third-order valence-corrected chi connectivity index (χ3v) is 2.33. The van der Waals surface area contributed by atoms with Gasteiger partial charge in [-0.2, -0.15) is 0 Å². The smallest absolute Gasteiger partial charge is 0.223 e. The zero-order valence-electron chi connectivity index (χ0n) is 9.18. The van der Waals surface area contributed by atoms with Crippen LogP contribution in [0.4, 0.5) is 0 Å². The average Bonchev–Trinajstić information content (AvgIpc) is 2.06. The predicted octanol–water partition coefficient (Wildman–Crippen LogP) is 1.28. The van der Waals surface area contributed by atoms with Gasteiger partial charge in [-0.3, -0.25) is 4.79 Å². The van der Waals surface area contributed by atoms with Gasteiger partial charge in [-0.25, -0.2) is 0 Å². The molecule has 78 valence electrons. The number of amides is 1. The highest BCUT2D eigenvalue weighted by atomic mass is 16.2. The van der Waals surface area contributed by atoms with Crippen LogP contribution in [0.15, 0.2) is 0 Å². The maximum absolute atomic E-state index is 11.6. The van der Waals surface area contributed by atoms with Gasteiger partial charge in [0, 0.05) is 18.0 Å². The summed E-state index contributed by atoms with van der Waals surface area (Å²) in [5, 5.41) is 2.94. The van der Waals surface area contributed by atoms with Crippen molar-refractivity contribution in [3.63, 3.8) is 0 Å². The van der Waals surface area contributed by atoms with E-state index in [0.29, 0.717) is 6.54 Å². The Labute approximate surface area is 81.1 Å². The molecule has 0 radical (unpaired) electrons. The number of hydrogen-bond donors (Lipinski definition) is 2. The third kappa shape index (κ3) is 4.27. The molecule has 0 aromatic rings. The summed E-state index contributed by atoms with van der Waals surface area (Å²) >= 11 is 0. The summed E-state index contributed by atoms with van der Waals surface area (Å²) in [4.78, 5) is 11.6. The molecule has 0 aliphatic rings. The van der Waals surface area contributed by atoms with E-state index in [2.05, 4.69) is 5.32 Å². The summed E-state index contributed by atoms with van der Waals surface area (Å²) < 4.78 is 0. The lowest BCUT2D eigenvalue weighted by atomic mass is 9.99. The molecule has 0 aromatic heterocycles. The lowest BCUT2D eigenvalue weighted by Gasteiger charge is -2.26. The highest BCUT2D eigenvalue weighted by Crippen LogP contribution is 2.09. The van der Waals surface area contributed by atoms with E-state index in [4.69, 9.17) is 5.73 Å². The monoisotopic (exact) mass is 186 g/mol. The third-order valence-electron chi connectivity index (χ3n) is 2.33. The summed E-state index contributed by atoms with van der Waals surface area (Å²) in [6.45, 7) is 8.41. The first-order valence-electron chi connectivity index (χ1n) is 4.99. The van der Waals surface area contributed by atoms with E-state index in [1.165, 1.54) is 0 Å². The van der Waals surface area contributed by atoms with Crippen molar-refractivity contribution in [2.24, 2.45) is 11.7 Å². The highest BCUT2D eigenvalue weighted by Gasteiger charge is 2.22. The molecule has 0 aliphatic carbocycles. The molecule has 0 bridgehead atoms. The first-order chi connectivity index (χ1) is 5.96. The van der Waals surface area contributed by atoms with Gasteiger partial charge in [0.05, 0.1) is 0 Å². The lowest BCUT2D eigenvalue weighted by Crippen LogP contribution is -2.50. The van der Waals surface area contributed by atoms with Crippen molar-refractivity contribution in [3.8, 4) is 0 Å². The summed E-state index contributed by atoms with van der Waals surface area (Å²) in [5.41, 5.74) is 5.24. The zero-order valence-corrected chi connectivity index (χ0v) is 9.18. The van der Waals surface area contributed by atoms with Crippen LogP contribution in [0.3, 0.4) is 0 Å². The van der Waals surface area contributed by atoms with Gasteiger partial charge >= 0.3 is 0 Å². The van der Waals surface area contributed by atoms with Crippen LogP contribution >= 0.6 is 0 Å². The molecule has 1 amide bonds. The topological polar surface area (TPSA) is 55.1 Å². The summed E-state index contributed by atoms with van der Waals surface area (Å²) in [5.74, 6) is 0.256. The molecule has 0 fully saturated rings. The maximum atomic E-state index is 11.6. The van der Waals surface area contributed by atoms with Crippen LogP contribution in [-0.2, 0) is 4.79 Å². The number of carbonyl (C=O) groups is 1. The van der Waals surface area contributed by atoms with Gasteiger partial charge < -0.3 is 11.1 Å². The lowest BCUT2D eigenvalue weighted by molar-refractivity contribution is -0.126. The molecule has 0 spiro atoms. The number of nitrogens with two attached hydrogens (primary N) is 1. The molecule has 13 heavy (non-hydrogen) atoms. The highest BCUT2D eigenvalue weighted by molar-refractivity contribution is 5.79. The first kappa shape index (κ1) is 12.4. The molecule has 3 N–H and O–H groups in total. The molecule has 3 heteroatoms. The second-order valence-electron chi connectivity index (χ2n) is 4.09. The molecule has 0 saturated carbocycles. The molecule has 0 unspecified atom stereocenters. The minimum Gasteiger partial charge on any atom is -0.350 e. The van der Waals surface area contributed by atoms with Gasteiger partial charge in [-0.15, -0.1) is 0 Å². The molecule has 0 heterocycles. The number of nitrogens with one attached hydrogen (secondary N) is 1. The Morgan fingerprint density at radius 1 is 1.38 bits per heavy atom. The summed E-state index contributed by atoms with van der Waals surface area (Å²) in [6, 6.07) is 0. The Morgan fingerprint density at radius 3 is 2.15 bits per heavy atom. The van der Waals surface area contributed by atoms with Crippen LogP contribution in [0.1, 0.15) is 40.5 Å². The zero-order chi connectivity index (χ0) is 10.5. The fourth-order valence-corrected chi connectivity index (χ4v) is 1.15. The van der Waals surface area contributed by atoms with E-state index in [1.54, 1.807) is 0 Å².